The molecular formula is C24H19FN2O4. The molecule has 0 atom stereocenters. The molecule has 2 aromatic carbocycles. The van der Waals surface area contributed by atoms with Gasteiger partial charge >= 0.3 is 5.97 Å². The van der Waals surface area contributed by atoms with E-state index in [1.54, 1.807) is 30.5 Å². The molecule has 7 heteroatoms. The number of phenolic OH excluding ortho intramolecular Hbond substituents is 1. The van der Waals surface area contributed by atoms with Crippen LogP contribution < -0.4 is 4.74 Å². The van der Waals surface area contributed by atoms with E-state index in [0.717, 1.165) is 11.6 Å². The summed E-state index contributed by atoms with van der Waals surface area (Å²) in [5.41, 5.74) is 2.11. The Morgan fingerprint density at radius 1 is 1.03 bits per heavy atom. The number of pyridine rings is 2. The predicted octanol–water partition coefficient (Wildman–Crippen LogP) is 5.76. The van der Waals surface area contributed by atoms with Gasteiger partial charge in [-0.15, -0.1) is 0 Å². The monoisotopic (exact) mass is 418 g/mol. The highest BCUT2D eigenvalue weighted by Crippen LogP contribution is 2.41. The van der Waals surface area contributed by atoms with Crippen molar-refractivity contribution < 1.29 is 24.1 Å². The van der Waals surface area contributed by atoms with E-state index in [-0.39, 0.29) is 23.1 Å². The number of aromatic hydroxyl groups is 1. The Kier molecular flexibility index (Phi) is 5.25. The van der Waals surface area contributed by atoms with Crippen LogP contribution in [0.25, 0.3) is 21.9 Å². The molecule has 0 amide bonds. The average molecular weight is 418 g/mol. The van der Waals surface area contributed by atoms with Crippen LogP contribution in [0.2, 0.25) is 0 Å². The molecule has 31 heavy (non-hydrogen) atoms. The van der Waals surface area contributed by atoms with Gasteiger partial charge in [0.2, 0.25) is 5.88 Å². The number of carboxylic acid groups (broad SMARTS) is 1. The van der Waals surface area contributed by atoms with Crippen molar-refractivity contribution in [2.45, 2.75) is 19.8 Å². The Bertz CT molecular complexity index is 1290. The van der Waals surface area contributed by atoms with Crippen LogP contribution in [-0.2, 0) is 0 Å². The van der Waals surface area contributed by atoms with Gasteiger partial charge in [-0.05, 0) is 59.8 Å². The van der Waals surface area contributed by atoms with Crippen molar-refractivity contribution in [2.24, 2.45) is 0 Å². The minimum Gasteiger partial charge on any atom is -0.508 e. The molecule has 0 unspecified atom stereocenters. The quantitative estimate of drug-likeness (QED) is 0.428. The molecule has 0 aliphatic rings. The number of phenols is 1. The maximum atomic E-state index is 13.9. The number of aromatic nitrogens is 2. The van der Waals surface area contributed by atoms with Crippen LogP contribution in [0.15, 0.2) is 60.9 Å². The Hall–Kier alpha value is -4.00. The largest absolute Gasteiger partial charge is 0.508 e. The number of halogens is 1. The lowest BCUT2D eigenvalue weighted by atomic mass is 9.93. The van der Waals surface area contributed by atoms with Crippen molar-refractivity contribution in [1.29, 1.82) is 0 Å². The molecular weight excluding hydrogens is 399 g/mol. The van der Waals surface area contributed by atoms with Crippen LogP contribution in [0.4, 0.5) is 4.39 Å². The van der Waals surface area contributed by atoms with Gasteiger partial charge in [0.25, 0.3) is 0 Å². The number of hydrogen-bond acceptors (Lipinski definition) is 5. The highest BCUT2D eigenvalue weighted by molar-refractivity contribution is 6.01. The van der Waals surface area contributed by atoms with Gasteiger partial charge in [-0.3, -0.25) is 4.98 Å². The van der Waals surface area contributed by atoms with Crippen molar-refractivity contribution in [3.05, 3.63) is 78.0 Å². The van der Waals surface area contributed by atoms with Gasteiger partial charge in [-0.25, -0.2) is 14.2 Å². The van der Waals surface area contributed by atoms with Gasteiger partial charge < -0.3 is 14.9 Å². The zero-order chi connectivity index (χ0) is 22.1. The van der Waals surface area contributed by atoms with Crippen molar-refractivity contribution in [3.8, 4) is 28.5 Å². The summed E-state index contributed by atoms with van der Waals surface area (Å²) >= 11 is 0. The zero-order valence-corrected chi connectivity index (χ0v) is 16.8. The summed E-state index contributed by atoms with van der Waals surface area (Å²) in [5, 5.41) is 20.4. The first kappa shape index (κ1) is 20.3. The summed E-state index contributed by atoms with van der Waals surface area (Å²) < 4.78 is 19.9. The SMILES string of the molecule is CC(C)c1nc(Oc2ccc(C(=O)O)cc2)c2cc(O)ccc2c1-c1cncc(F)c1. The summed E-state index contributed by atoms with van der Waals surface area (Å²) in [5.74, 6) is -0.829. The number of benzene rings is 2. The van der Waals surface area contributed by atoms with Gasteiger partial charge in [-0.1, -0.05) is 13.8 Å². The normalized spacial score (nSPS) is 11.1. The van der Waals surface area contributed by atoms with Gasteiger partial charge in [0, 0.05) is 22.7 Å². The lowest BCUT2D eigenvalue weighted by Crippen LogP contribution is -2.02. The number of nitrogens with zero attached hydrogens (tertiary/aromatic N) is 2. The summed E-state index contributed by atoms with van der Waals surface area (Å²) in [6, 6.07) is 12.2. The number of aromatic carboxylic acids is 1. The van der Waals surface area contributed by atoms with E-state index in [0.29, 0.717) is 28.0 Å². The average Bonchev–Trinajstić information content (AvgIpc) is 2.74. The molecule has 0 fully saturated rings. The first-order valence-electron chi connectivity index (χ1n) is 9.62. The Morgan fingerprint density at radius 2 is 1.77 bits per heavy atom. The van der Waals surface area contributed by atoms with Gasteiger partial charge in [0.15, 0.2) is 0 Å². The molecule has 6 nitrogen and oxygen atoms in total. The van der Waals surface area contributed by atoms with E-state index >= 15 is 0 Å². The highest BCUT2D eigenvalue weighted by atomic mass is 19.1. The smallest absolute Gasteiger partial charge is 0.335 e. The molecule has 0 spiro atoms. The predicted molar refractivity (Wildman–Crippen MR) is 114 cm³/mol. The van der Waals surface area contributed by atoms with E-state index in [1.807, 2.05) is 13.8 Å². The lowest BCUT2D eigenvalue weighted by molar-refractivity contribution is 0.0697. The molecule has 0 saturated carbocycles. The molecule has 156 valence electrons. The van der Waals surface area contributed by atoms with Gasteiger partial charge in [0.1, 0.15) is 17.3 Å². The van der Waals surface area contributed by atoms with Crippen molar-refractivity contribution in [3.63, 3.8) is 0 Å². The maximum absolute atomic E-state index is 13.9. The molecule has 2 N–H and O–H groups in total. The fourth-order valence-electron chi connectivity index (χ4n) is 3.42. The second-order valence-corrected chi connectivity index (χ2v) is 7.39. The third-order valence-corrected chi connectivity index (χ3v) is 4.84. The van der Waals surface area contributed by atoms with Crippen LogP contribution >= 0.6 is 0 Å². The van der Waals surface area contributed by atoms with Crippen molar-refractivity contribution in [1.82, 2.24) is 9.97 Å². The lowest BCUT2D eigenvalue weighted by Gasteiger charge is -2.18. The molecule has 2 aromatic heterocycles. The van der Waals surface area contributed by atoms with Gasteiger partial charge in [0.05, 0.1) is 17.5 Å². The molecule has 2 heterocycles. The standard InChI is InChI=1S/C24H19FN2O4/c1-13(2)22-21(15-9-16(25)12-26-11-15)19-8-5-17(28)10-20(19)23(27-22)31-18-6-3-14(4-7-18)24(29)30/h3-13,28H,1-2H3,(H,29,30). The molecule has 0 bridgehead atoms. The highest BCUT2D eigenvalue weighted by Gasteiger charge is 2.20. The summed E-state index contributed by atoms with van der Waals surface area (Å²) in [7, 11) is 0. The number of carbonyl (C=O) groups is 1. The zero-order valence-electron chi connectivity index (χ0n) is 16.8. The Balaban J connectivity index is 1.93. The van der Waals surface area contributed by atoms with Crippen LogP contribution in [0.1, 0.15) is 35.8 Å². The molecule has 0 saturated heterocycles. The number of fused-ring (bicyclic) bond motifs is 1. The number of carboxylic acids is 1. The Labute approximate surface area is 177 Å². The molecule has 0 aliphatic heterocycles. The summed E-state index contributed by atoms with van der Waals surface area (Å²) in [6.07, 6.45) is 2.71. The third kappa shape index (κ3) is 4.02. The third-order valence-electron chi connectivity index (χ3n) is 4.84. The van der Waals surface area contributed by atoms with E-state index in [9.17, 15) is 14.3 Å². The minimum atomic E-state index is -1.03. The fourth-order valence-corrected chi connectivity index (χ4v) is 3.42. The molecule has 4 aromatic rings. The first-order chi connectivity index (χ1) is 14.8. The molecule has 0 aliphatic carbocycles. The van der Waals surface area contributed by atoms with Crippen LogP contribution in [-0.4, -0.2) is 26.2 Å². The first-order valence-corrected chi connectivity index (χ1v) is 9.62. The van der Waals surface area contributed by atoms with Crippen molar-refractivity contribution in [2.75, 3.05) is 0 Å². The minimum absolute atomic E-state index is 0.0202. The summed E-state index contributed by atoms with van der Waals surface area (Å²) in [6.45, 7) is 3.94. The number of rotatable bonds is 5. The fraction of sp³-hybridized carbons (Fsp3) is 0.125. The van der Waals surface area contributed by atoms with Crippen LogP contribution in [0, 0.1) is 5.82 Å². The van der Waals surface area contributed by atoms with E-state index in [2.05, 4.69) is 4.98 Å². The Morgan fingerprint density at radius 3 is 2.42 bits per heavy atom. The second kappa shape index (κ2) is 8.02. The van der Waals surface area contributed by atoms with E-state index in [4.69, 9.17) is 14.8 Å². The summed E-state index contributed by atoms with van der Waals surface area (Å²) in [4.78, 5) is 19.8. The van der Waals surface area contributed by atoms with E-state index in [1.165, 1.54) is 24.3 Å². The second-order valence-electron chi connectivity index (χ2n) is 7.39. The number of hydrogen-bond donors (Lipinski definition) is 2. The van der Waals surface area contributed by atoms with Crippen LogP contribution in [0.3, 0.4) is 0 Å². The van der Waals surface area contributed by atoms with Crippen molar-refractivity contribution >= 4 is 16.7 Å². The van der Waals surface area contributed by atoms with E-state index < -0.39 is 11.8 Å². The van der Waals surface area contributed by atoms with Gasteiger partial charge in [-0.2, -0.15) is 0 Å². The topological polar surface area (TPSA) is 92.5 Å². The maximum Gasteiger partial charge on any atom is 0.335 e. The molecule has 0 radical (unpaired) electrons. The number of ether oxygens (including phenoxy) is 1. The van der Waals surface area contributed by atoms with Crippen LogP contribution in [0.5, 0.6) is 17.4 Å². The molecule has 4 rings (SSSR count).